The summed E-state index contributed by atoms with van der Waals surface area (Å²) in [5, 5.41) is 3.32. The zero-order valence-electron chi connectivity index (χ0n) is 13.2. The summed E-state index contributed by atoms with van der Waals surface area (Å²) in [7, 11) is 2.00. The van der Waals surface area contributed by atoms with Crippen LogP contribution in [-0.4, -0.2) is 7.05 Å². The minimum absolute atomic E-state index is 0.417. The number of nitrogens with one attached hydrogen (secondary N) is 1. The summed E-state index contributed by atoms with van der Waals surface area (Å²) in [5.74, 6) is 0.921. The lowest BCUT2D eigenvalue weighted by Gasteiger charge is -2.15. The summed E-state index contributed by atoms with van der Waals surface area (Å²) in [6.07, 6.45) is 2.16. The predicted molar refractivity (Wildman–Crippen MR) is 88.7 cm³/mol. The second kappa shape index (κ2) is 7.84. The Kier molecular flexibility index (Phi) is 5.82. The molecule has 21 heavy (non-hydrogen) atoms. The molecular formula is C19H25NO. The number of ether oxygens (including phenoxy) is 1. The predicted octanol–water partition coefficient (Wildman–Crippen LogP) is 4.50. The quantitative estimate of drug-likeness (QED) is 0.808. The van der Waals surface area contributed by atoms with Crippen LogP contribution in [0.5, 0.6) is 5.75 Å². The van der Waals surface area contributed by atoms with Crippen molar-refractivity contribution >= 4 is 0 Å². The van der Waals surface area contributed by atoms with Crippen molar-refractivity contribution < 1.29 is 4.74 Å². The van der Waals surface area contributed by atoms with Gasteiger partial charge in [-0.1, -0.05) is 50.2 Å². The van der Waals surface area contributed by atoms with Gasteiger partial charge in [0.1, 0.15) is 12.4 Å². The molecule has 0 saturated heterocycles. The molecule has 1 unspecified atom stereocenters. The fourth-order valence-electron chi connectivity index (χ4n) is 2.44. The summed E-state index contributed by atoms with van der Waals surface area (Å²) in [6, 6.07) is 17.4. The molecule has 0 fully saturated rings. The first-order valence-corrected chi connectivity index (χ1v) is 7.74. The minimum atomic E-state index is 0.417. The lowest BCUT2D eigenvalue weighted by Crippen LogP contribution is -2.14. The molecule has 0 radical (unpaired) electrons. The highest BCUT2D eigenvalue weighted by molar-refractivity contribution is 5.30. The van der Waals surface area contributed by atoms with E-state index < -0.39 is 0 Å². The highest BCUT2D eigenvalue weighted by Gasteiger charge is 2.06. The molecule has 0 heterocycles. The first-order valence-electron chi connectivity index (χ1n) is 7.74. The molecular weight excluding hydrogens is 258 g/mol. The van der Waals surface area contributed by atoms with E-state index in [1.165, 1.54) is 16.7 Å². The van der Waals surface area contributed by atoms with Crippen molar-refractivity contribution in [3.05, 3.63) is 65.2 Å². The number of hydrogen-bond acceptors (Lipinski definition) is 2. The van der Waals surface area contributed by atoms with Crippen LogP contribution in [0, 0.1) is 0 Å². The molecule has 112 valence electrons. The Balaban J connectivity index is 1.93. The topological polar surface area (TPSA) is 21.3 Å². The maximum atomic E-state index is 5.85. The highest BCUT2D eigenvalue weighted by Crippen LogP contribution is 2.20. The van der Waals surface area contributed by atoms with Crippen LogP contribution >= 0.6 is 0 Å². The third kappa shape index (κ3) is 4.33. The maximum Gasteiger partial charge on any atom is 0.119 e. The van der Waals surface area contributed by atoms with Crippen molar-refractivity contribution in [3.63, 3.8) is 0 Å². The standard InChI is InChI=1S/C19H25NO/c1-4-15-6-8-16(9-7-15)14-21-18-12-10-17(11-13-18)19(5-2)20-3/h6-13,19-20H,4-5,14H2,1-3H3. The van der Waals surface area contributed by atoms with Gasteiger partial charge < -0.3 is 10.1 Å². The second-order valence-corrected chi connectivity index (χ2v) is 5.28. The van der Waals surface area contributed by atoms with E-state index in [0.29, 0.717) is 12.6 Å². The fraction of sp³-hybridized carbons (Fsp3) is 0.368. The van der Waals surface area contributed by atoms with Gasteiger partial charge >= 0.3 is 0 Å². The van der Waals surface area contributed by atoms with Gasteiger partial charge in [0, 0.05) is 6.04 Å². The Bertz CT molecular complexity index is 526. The molecule has 0 spiro atoms. The van der Waals surface area contributed by atoms with Crippen LogP contribution in [-0.2, 0) is 13.0 Å². The highest BCUT2D eigenvalue weighted by atomic mass is 16.5. The fourth-order valence-corrected chi connectivity index (χ4v) is 2.44. The summed E-state index contributed by atoms with van der Waals surface area (Å²) in [6.45, 7) is 4.97. The molecule has 0 aliphatic heterocycles. The van der Waals surface area contributed by atoms with E-state index in [-0.39, 0.29) is 0 Å². The number of rotatable bonds is 7. The van der Waals surface area contributed by atoms with Crippen molar-refractivity contribution in [2.24, 2.45) is 0 Å². The van der Waals surface area contributed by atoms with E-state index >= 15 is 0 Å². The average Bonchev–Trinajstić information content (AvgIpc) is 2.55. The van der Waals surface area contributed by atoms with Crippen LogP contribution in [0.3, 0.4) is 0 Å². The molecule has 0 amide bonds. The molecule has 0 aromatic heterocycles. The molecule has 2 heteroatoms. The van der Waals surface area contributed by atoms with Crippen molar-refractivity contribution in [1.29, 1.82) is 0 Å². The lowest BCUT2D eigenvalue weighted by atomic mass is 10.0. The molecule has 2 aromatic carbocycles. The third-order valence-corrected chi connectivity index (χ3v) is 3.88. The lowest BCUT2D eigenvalue weighted by molar-refractivity contribution is 0.306. The van der Waals surface area contributed by atoms with Gasteiger partial charge in [0.15, 0.2) is 0 Å². The van der Waals surface area contributed by atoms with E-state index in [2.05, 4.69) is 67.7 Å². The van der Waals surface area contributed by atoms with Gasteiger partial charge in [0.2, 0.25) is 0 Å². The first kappa shape index (κ1) is 15.6. The molecule has 0 aliphatic rings. The Morgan fingerprint density at radius 3 is 2.05 bits per heavy atom. The van der Waals surface area contributed by atoms with Crippen LogP contribution in [0.25, 0.3) is 0 Å². The Labute approximate surface area is 128 Å². The van der Waals surface area contributed by atoms with Gasteiger partial charge in [0.05, 0.1) is 0 Å². The molecule has 1 N–H and O–H groups in total. The normalized spacial score (nSPS) is 12.1. The molecule has 2 nitrogen and oxygen atoms in total. The van der Waals surface area contributed by atoms with E-state index in [4.69, 9.17) is 4.74 Å². The van der Waals surface area contributed by atoms with E-state index in [1.54, 1.807) is 0 Å². The Morgan fingerprint density at radius 2 is 1.52 bits per heavy atom. The van der Waals surface area contributed by atoms with E-state index in [9.17, 15) is 0 Å². The number of aryl methyl sites for hydroxylation is 1. The molecule has 2 aromatic rings. The van der Waals surface area contributed by atoms with Gasteiger partial charge in [0.25, 0.3) is 0 Å². The molecule has 0 saturated carbocycles. The van der Waals surface area contributed by atoms with Crippen molar-refractivity contribution in [2.45, 2.75) is 39.3 Å². The summed E-state index contributed by atoms with van der Waals surface area (Å²) < 4.78 is 5.85. The Morgan fingerprint density at radius 1 is 0.905 bits per heavy atom. The van der Waals surface area contributed by atoms with Gasteiger partial charge in [-0.3, -0.25) is 0 Å². The third-order valence-electron chi connectivity index (χ3n) is 3.88. The zero-order chi connectivity index (χ0) is 15.1. The molecule has 0 bridgehead atoms. The minimum Gasteiger partial charge on any atom is -0.489 e. The first-order chi connectivity index (χ1) is 10.3. The van der Waals surface area contributed by atoms with Crippen LogP contribution in [0.4, 0.5) is 0 Å². The van der Waals surface area contributed by atoms with Crippen molar-refractivity contribution in [1.82, 2.24) is 5.32 Å². The Hall–Kier alpha value is -1.80. The monoisotopic (exact) mass is 283 g/mol. The summed E-state index contributed by atoms with van der Waals surface area (Å²) in [4.78, 5) is 0. The van der Waals surface area contributed by atoms with Crippen LogP contribution < -0.4 is 10.1 Å². The van der Waals surface area contributed by atoms with Crippen LogP contribution in [0.15, 0.2) is 48.5 Å². The van der Waals surface area contributed by atoms with Crippen molar-refractivity contribution in [3.8, 4) is 5.75 Å². The number of hydrogen-bond donors (Lipinski definition) is 1. The molecule has 2 rings (SSSR count). The summed E-state index contributed by atoms with van der Waals surface area (Å²) in [5.41, 5.74) is 3.87. The smallest absolute Gasteiger partial charge is 0.119 e. The van der Waals surface area contributed by atoms with E-state index in [1.807, 2.05) is 7.05 Å². The summed E-state index contributed by atoms with van der Waals surface area (Å²) >= 11 is 0. The van der Waals surface area contributed by atoms with Gasteiger partial charge in [-0.05, 0) is 48.7 Å². The molecule has 1 atom stereocenters. The number of benzene rings is 2. The van der Waals surface area contributed by atoms with E-state index in [0.717, 1.165) is 18.6 Å². The van der Waals surface area contributed by atoms with Crippen LogP contribution in [0.1, 0.15) is 43.0 Å². The van der Waals surface area contributed by atoms with Gasteiger partial charge in [-0.25, -0.2) is 0 Å². The van der Waals surface area contributed by atoms with Crippen molar-refractivity contribution in [2.75, 3.05) is 7.05 Å². The van der Waals surface area contributed by atoms with Gasteiger partial charge in [-0.15, -0.1) is 0 Å². The largest absolute Gasteiger partial charge is 0.489 e. The van der Waals surface area contributed by atoms with Crippen LogP contribution in [0.2, 0.25) is 0 Å². The maximum absolute atomic E-state index is 5.85. The average molecular weight is 283 g/mol. The SMILES string of the molecule is CCc1ccc(COc2ccc(C(CC)NC)cc2)cc1. The van der Waals surface area contributed by atoms with Gasteiger partial charge in [-0.2, -0.15) is 0 Å². The molecule has 0 aliphatic carbocycles. The second-order valence-electron chi connectivity index (χ2n) is 5.28. The zero-order valence-corrected chi connectivity index (χ0v) is 13.2.